The molecule has 2 aromatic carbocycles. The van der Waals surface area contributed by atoms with Crippen LogP contribution in [0.1, 0.15) is 17.5 Å². The molecule has 0 aromatic heterocycles. The maximum atomic E-state index is 13.4. The first-order valence-electron chi connectivity index (χ1n) is 6.45. The molecule has 3 heteroatoms. The first-order valence-corrected chi connectivity index (χ1v) is 6.45. The van der Waals surface area contributed by atoms with Gasteiger partial charge in [-0.2, -0.15) is 0 Å². The number of hydrogen-bond acceptors (Lipinski definition) is 2. The lowest BCUT2D eigenvalue weighted by Crippen LogP contribution is -2.01. The van der Waals surface area contributed by atoms with E-state index in [9.17, 15) is 4.39 Å². The Hall–Kier alpha value is -1.87. The Morgan fingerprint density at radius 2 is 1.89 bits per heavy atom. The number of hydrogen-bond donors (Lipinski definition) is 1. The highest BCUT2D eigenvalue weighted by Gasteiger charge is 2.02. The van der Waals surface area contributed by atoms with Crippen molar-refractivity contribution < 1.29 is 9.13 Å². The molecule has 0 saturated heterocycles. The number of nitrogens with two attached hydrogens (primary N) is 1. The van der Waals surface area contributed by atoms with Crippen molar-refractivity contribution in [2.24, 2.45) is 5.73 Å². The Balaban J connectivity index is 1.98. The number of aryl methyl sites for hydroxylation is 1. The van der Waals surface area contributed by atoms with Crippen LogP contribution in [-0.2, 0) is 13.0 Å². The van der Waals surface area contributed by atoms with Gasteiger partial charge in [0.1, 0.15) is 18.2 Å². The molecule has 0 heterocycles. The Labute approximate surface area is 113 Å². The summed E-state index contributed by atoms with van der Waals surface area (Å²) in [5.74, 6) is 0.527. The molecule has 0 atom stereocenters. The van der Waals surface area contributed by atoms with Gasteiger partial charge >= 0.3 is 0 Å². The van der Waals surface area contributed by atoms with E-state index in [2.05, 4.69) is 0 Å². The Bertz CT molecular complexity index is 528. The highest BCUT2D eigenvalue weighted by Crippen LogP contribution is 2.17. The van der Waals surface area contributed by atoms with Gasteiger partial charge in [-0.15, -0.1) is 0 Å². The molecule has 2 aromatic rings. The third kappa shape index (κ3) is 4.07. The standard InChI is InChI=1S/C16H18FNO/c17-16-9-2-1-7-14(16)12-19-15-8-3-5-13(11-15)6-4-10-18/h1-3,5,7-9,11H,4,6,10,12,18H2. The van der Waals surface area contributed by atoms with Gasteiger partial charge in [-0.3, -0.25) is 0 Å². The molecule has 2 nitrogen and oxygen atoms in total. The Kier molecular flexibility index (Phi) is 4.93. The number of halogens is 1. The molecule has 0 aliphatic heterocycles. The monoisotopic (exact) mass is 259 g/mol. The molecule has 2 rings (SSSR count). The molecule has 0 radical (unpaired) electrons. The van der Waals surface area contributed by atoms with Gasteiger partial charge < -0.3 is 10.5 Å². The fourth-order valence-corrected chi connectivity index (χ4v) is 1.87. The van der Waals surface area contributed by atoms with E-state index in [0.29, 0.717) is 12.1 Å². The summed E-state index contributed by atoms with van der Waals surface area (Å²) in [6.07, 6.45) is 1.89. The topological polar surface area (TPSA) is 35.2 Å². The van der Waals surface area contributed by atoms with E-state index >= 15 is 0 Å². The van der Waals surface area contributed by atoms with Gasteiger partial charge in [0, 0.05) is 5.56 Å². The fraction of sp³-hybridized carbons (Fsp3) is 0.250. The van der Waals surface area contributed by atoms with Crippen LogP contribution >= 0.6 is 0 Å². The van der Waals surface area contributed by atoms with Gasteiger partial charge in [0.25, 0.3) is 0 Å². The lowest BCUT2D eigenvalue weighted by molar-refractivity contribution is 0.299. The zero-order valence-electron chi connectivity index (χ0n) is 10.8. The second-order valence-electron chi connectivity index (χ2n) is 4.42. The SMILES string of the molecule is NCCCc1cccc(OCc2ccccc2F)c1. The van der Waals surface area contributed by atoms with Gasteiger partial charge in [0.05, 0.1) is 0 Å². The van der Waals surface area contributed by atoms with Crippen molar-refractivity contribution >= 4 is 0 Å². The normalized spacial score (nSPS) is 10.4. The molecule has 100 valence electrons. The lowest BCUT2D eigenvalue weighted by Gasteiger charge is -2.08. The van der Waals surface area contributed by atoms with E-state index in [1.165, 1.54) is 11.6 Å². The third-order valence-corrected chi connectivity index (χ3v) is 2.92. The van der Waals surface area contributed by atoms with Crippen LogP contribution in [0.25, 0.3) is 0 Å². The summed E-state index contributed by atoms with van der Waals surface area (Å²) >= 11 is 0. The van der Waals surface area contributed by atoms with Crippen molar-refractivity contribution in [1.82, 2.24) is 0 Å². The van der Waals surface area contributed by atoms with Crippen molar-refractivity contribution in [3.8, 4) is 5.75 Å². The zero-order chi connectivity index (χ0) is 13.5. The third-order valence-electron chi connectivity index (χ3n) is 2.92. The summed E-state index contributed by atoms with van der Waals surface area (Å²) < 4.78 is 19.1. The molecule has 0 fully saturated rings. The van der Waals surface area contributed by atoms with Crippen molar-refractivity contribution in [1.29, 1.82) is 0 Å². The van der Waals surface area contributed by atoms with Crippen LogP contribution in [0, 0.1) is 5.82 Å². The molecule has 0 aliphatic rings. The molecule has 2 N–H and O–H groups in total. The predicted molar refractivity (Wildman–Crippen MR) is 74.5 cm³/mol. The summed E-state index contributed by atoms with van der Waals surface area (Å²) in [7, 11) is 0. The second kappa shape index (κ2) is 6.90. The smallest absolute Gasteiger partial charge is 0.129 e. The molecule has 0 bridgehead atoms. The van der Waals surface area contributed by atoms with Crippen LogP contribution in [0.4, 0.5) is 4.39 Å². The van der Waals surface area contributed by atoms with Crippen molar-refractivity contribution in [2.75, 3.05) is 6.54 Å². The summed E-state index contributed by atoms with van der Waals surface area (Å²) in [5, 5.41) is 0. The molecule has 0 saturated carbocycles. The fourth-order valence-electron chi connectivity index (χ4n) is 1.87. The van der Waals surface area contributed by atoms with Crippen LogP contribution in [0.15, 0.2) is 48.5 Å². The molecular formula is C16H18FNO. The minimum absolute atomic E-state index is 0.234. The highest BCUT2D eigenvalue weighted by molar-refractivity contribution is 5.29. The Morgan fingerprint density at radius 1 is 1.05 bits per heavy atom. The summed E-state index contributed by atoms with van der Waals surface area (Å²) in [6, 6.07) is 14.5. The van der Waals surface area contributed by atoms with E-state index < -0.39 is 0 Å². The quantitative estimate of drug-likeness (QED) is 0.864. The largest absolute Gasteiger partial charge is 0.489 e. The first-order chi connectivity index (χ1) is 9.29. The molecule has 0 aliphatic carbocycles. The van der Waals surface area contributed by atoms with Crippen molar-refractivity contribution in [3.63, 3.8) is 0 Å². The van der Waals surface area contributed by atoms with Crippen molar-refractivity contribution in [2.45, 2.75) is 19.4 Å². The van der Waals surface area contributed by atoms with E-state index in [0.717, 1.165) is 18.6 Å². The van der Waals surface area contributed by atoms with Crippen LogP contribution in [0.3, 0.4) is 0 Å². The van der Waals surface area contributed by atoms with Crippen LogP contribution in [0.2, 0.25) is 0 Å². The predicted octanol–water partition coefficient (Wildman–Crippen LogP) is 3.30. The Morgan fingerprint density at radius 3 is 2.68 bits per heavy atom. The molecule has 19 heavy (non-hydrogen) atoms. The molecule has 0 unspecified atom stereocenters. The minimum atomic E-state index is -0.234. The van der Waals surface area contributed by atoms with Gasteiger partial charge in [0.15, 0.2) is 0 Å². The van der Waals surface area contributed by atoms with E-state index in [1.807, 2.05) is 24.3 Å². The molecule has 0 amide bonds. The van der Waals surface area contributed by atoms with Gasteiger partial charge in [0.2, 0.25) is 0 Å². The summed E-state index contributed by atoms with van der Waals surface area (Å²) in [6.45, 7) is 0.924. The van der Waals surface area contributed by atoms with Crippen LogP contribution in [0.5, 0.6) is 5.75 Å². The van der Waals surface area contributed by atoms with E-state index in [4.69, 9.17) is 10.5 Å². The maximum absolute atomic E-state index is 13.4. The second-order valence-corrected chi connectivity index (χ2v) is 4.42. The van der Waals surface area contributed by atoms with E-state index in [1.54, 1.807) is 18.2 Å². The average Bonchev–Trinajstić information content (AvgIpc) is 2.45. The minimum Gasteiger partial charge on any atom is -0.489 e. The van der Waals surface area contributed by atoms with Gasteiger partial charge in [-0.25, -0.2) is 4.39 Å². The summed E-state index contributed by atoms with van der Waals surface area (Å²) in [5.41, 5.74) is 7.25. The lowest BCUT2D eigenvalue weighted by atomic mass is 10.1. The zero-order valence-corrected chi connectivity index (χ0v) is 10.8. The number of rotatable bonds is 6. The molecule has 0 spiro atoms. The molecular weight excluding hydrogens is 241 g/mol. The average molecular weight is 259 g/mol. The van der Waals surface area contributed by atoms with E-state index in [-0.39, 0.29) is 12.4 Å². The highest BCUT2D eigenvalue weighted by atomic mass is 19.1. The van der Waals surface area contributed by atoms with Crippen molar-refractivity contribution in [3.05, 3.63) is 65.5 Å². The van der Waals surface area contributed by atoms with Gasteiger partial charge in [-0.05, 0) is 43.1 Å². The summed E-state index contributed by atoms with van der Waals surface area (Å²) in [4.78, 5) is 0. The van der Waals surface area contributed by atoms with Gasteiger partial charge in [-0.1, -0.05) is 30.3 Å². The number of benzene rings is 2. The van der Waals surface area contributed by atoms with Crippen LogP contribution < -0.4 is 10.5 Å². The van der Waals surface area contributed by atoms with Crippen LogP contribution in [-0.4, -0.2) is 6.54 Å². The first kappa shape index (κ1) is 13.6. The number of ether oxygens (including phenoxy) is 1. The maximum Gasteiger partial charge on any atom is 0.129 e.